The molecule has 2 heterocycles. The number of amides is 1. The molecule has 0 aliphatic rings. The summed E-state index contributed by atoms with van der Waals surface area (Å²) in [5.41, 5.74) is 3.24. The summed E-state index contributed by atoms with van der Waals surface area (Å²) in [6.07, 6.45) is 3.49. The summed E-state index contributed by atoms with van der Waals surface area (Å²) in [5, 5.41) is 3.89. The maximum Gasteiger partial charge on any atom is 0.276 e. The zero-order valence-corrected chi connectivity index (χ0v) is 26.3. The summed E-state index contributed by atoms with van der Waals surface area (Å²) in [4.78, 5) is 42.4. The average molecular weight is 658 g/mol. The first kappa shape index (κ1) is 31.6. The number of nitrogens with one attached hydrogen (secondary N) is 2. The third-order valence-electron chi connectivity index (χ3n) is 6.65. The number of H-pyrrole nitrogens is 1. The maximum absolute atomic E-state index is 12.8. The number of pyridine rings is 1. The van der Waals surface area contributed by atoms with Gasteiger partial charge in [0.1, 0.15) is 12.4 Å². The standard InChI is InChI=1S/C33H26Cl2N6O3S/c1-36-30-29(22-6-9-26(10-7-22)44-17-16-41(2)25-12-14-37-15-13-25)39-33(40-32(30)43)45-20-21-4-3-5-24(18-21)38-31(42)23-8-11-27(34)28(35)19-23/h3-15,18-19H,16-17,20H2,2H3,(H,38,42)(H,39,40,43). The topological polar surface area (TPSA) is 105 Å². The smallest absolute Gasteiger partial charge is 0.276 e. The van der Waals surface area contributed by atoms with Crippen LogP contribution in [0.15, 0.2) is 101 Å². The molecule has 2 N–H and O–H groups in total. The lowest BCUT2D eigenvalue weighted by molar-refractivity contribution is 0.102. The van der Waals surface area contributed by atoms with Crippen LogP contribution in [0.25, 0.3) is 16.1 Å². The zero-order valence-electron chi connectivity index (χ0n) is 24.0. The van der Waals surface area contributed by atoms with E-state index in [0.717, 1.165) is 11.3 Å². The SMILES string of the molecule is [C-]#[N+]c1c(-c2ccc(OCCN(C)c3ccncc3)cc2)nc(SCc2cccc(NC(=O)c3ccc(Cl)c(Cl)c3)c2)[nH]c1=O. The summed E-state index contributed by atoms with van der Waals surface area (Å²) in [6.45, 7) is 8.71. The van der Waals surface area contributed by atoms with E-state index in [0.29, 0.717) is 62.4 Å². The van der Waals surface area contributed by atoms with Crippen molar-refractivity contribution in [2.45, 2.75) is 10.9 Å². The minimum Gasteiger partial charge on any atom is -0.492 e. The van der Waals surface area contributed by atoms with E-state index in [9.17, 15) is 9.59 Å². The van der Waals surface area contributed by atoms with Crippen molar-refractivity contribution in [2.24, 2.45) is 0 Å². The van der Waals surface area contributed by atoms with Gasteiger partial charge < -0.3 is 19.9 Å². The highest BCUT2D eigenvalue weighted by Crippen LogP contribution is 2.30. The highest BCUT2D eigenvalue weighted by molar-refractivity contribution is 7.98. The number of thioether (sulfide) groups is 1. The van der Waals surface area contributed by atoms with Gasteiger partial charge in [0.2, 0.25) is 0 Å². The Morgan fingerprint density at radius 1 is 1.04 bits per heavy atom. The van der Waals surface area contributed by atoms with Gasteiger partial charge in [0.25, 0.3) is 17.2 Å². The Labute approximate surface area is 274 Å². The van der Waals surface area contributed by atoms with E-state index < -0.39 is 5.56 Å². The normalized spacial score (nSPS) is 10.6. The number of anilines is 2. The first-order valence-electron chi connectivity index (χ1n) is 13.6. The molecular weight excluding hydrogens is 631 g/mol. The van der Waals surface area contributed by atoms with Crippen LogP contribution in [0.1, 0.15) is 15.9 Å². The fourth-order valence-corrected chi connectivity index (χ4v) is 5.39. The Morgan fingerprint density at radius 3 is 2.56 bits per heavy atom. The molecule has 12 heteroatoms. The molecule has 5 rings (SSSR count). The van der Waals surface area contributed by atoms with Crippen molar-refractivity contribution in [3.05, 3.63) is 134 Å². The molecule has 0 aliphatic heterocycles. The number of aromatic nitrogens is 3. The van der Waals surface area contributed by atoms with Crippen LogP contribution < -0.4 is 20.5 Å². The number of halogens is 2. The molecule has 0 atom stereocenters. The third kappa shape index (κ3) is 8.22. The molecule has 0 fully saturated rings. The molecule has 1 amide bonds. The molecule has 45 heavy (non-hydrogen) atoms. The quantitative estimate of drug-likeness (QED) is 0.0851. The van der Waals surface area contributed by atoms with E-state index in [1.54, 1.807) is 54.9 Å². The van der Waals surface area contributed by atoms with Crippen LogP contribution in [0.5, 0.6) is 5.75 Å². The molecule has 0 saturated carbocycles. The van der Waals surface area contributed by atoms with Gasteiger partial charge >= 0.3 is 0 Å². The van der Waals surface area contributed by atoms with Crippen LogP contribution in [-0.4, -0.2) is 41.1 Å². The summed E-state index contributed by atoms with van der Waals surface area (Å²) >= 11 is 13.3. The van der Waals surface area contributed by atoms with Gasteiger partial charge in [-0.2, -0.15) is 0 Å². The summed E-state index contributed by atoms with van der Waals surface area (Å²) < 4.78 is 5.90. The molecule has 3 aromatic carbocycles. The van der Waals surface area contributed by atoms with Crippen molar-refractivity contribution >= 4 is 57.9 Å². The van der Waals surface area contributed by atoms with Crippen LogP contribution in [0.4, 0.5) is 17.1 Å². The van der Waals surface area contributed by atoms with Gasteiger partial charge in [-0.15, -0.1) is 0 Å². The second-order valence-electron chi connectivity index (χ2n) is 9.75. The number of aromatic amines is 1. The lowest BCUT2D eigenvalue weighted by Crippen LogP contribution is -2.23. The lowest BCUT2D eigenvalue weighted by atomic mass is 10.1. The third-order valence-corrected chi connectivity index (χ3v) is 8.34. The Balaban J connectivity index is 1.23. The first-order valence-corrected chi connectivity index (χ1v) is 15.4. The van der Waals surface area contributed by atoms with Crippen LogP contribution in [-0.2, 0) is 5.75 Å². The van der Waals surface area contributed by atoms with E-state index >= 15 is 0 Å². The predicted octanol–water partition coefficient (Wildman–Crippen LogP) is 7.75. The van der Waals surface area contributed by atoms with Crippen LogP contribution in [0.2, 0.25) is 10.0 Å². The largest absolute Gasteiger partial charge is 0.492 e. The van der Waals surface area contributed by atoms with Crippen molar-refractivity contribution in [1.29, 1.82) is 0 Å². The number of carbonyl (C=O) groups is 1. The van der Waals surface area contributed by atoms with Gasteiger partial charge in [-0.05, 0) is 65.7 Å². The van der Waals surface area contributed by atoms with Crippen molar-refractivity contribution < 1.29 is 9.53 Å². The molecule has 2 aromatic heterocycles. The second-order valence-corrected chi connectivity index (χ2v) is 11.5. The van der Waals surface area contributed by atoms with Gasteiger partial charge in [0, 0.05) is 42.1 Å². The summed E-state index contributed by atoms with van der Waals surface area (Å²) in [6, 6.07) is 23.0. The monoisotopic (exact) mass is 656 g/mol. The zero-order chi connectivity index (χ0) is 31.8. The summed E-state index contributed by atoms with van der Waals surface area (Å²) in [5.74, 6) is 0.797. The number of rotatable bonds is 11. The molecule has 0 unspecified atom stereocenters. The Kier molecular flexibility index (Phi) is 10.4. The fourth-order valence-electron chi connectivity index (χ4n) is 4.29. The number of carbonyl (C=O) groups excluding carboxylic acids is 1. The van der Waals surface area contributed by atoms with Crippen molar-refractivity contribution in [3.8, 4) is 17.0 Å². The van der Waals surface area contributed by atoms with E-state index in [4.69, 9.17) is 34.5 Å². The second kappa shape index (κ2) is 14.8. The molecular formula is C33H26Cl2N6O3S. The minimum atomic E-state index is -0.514. The number of hydrogen-bond acceptors (Lipinski definition) is 7. The van der Waals surface area contributed by atoms with E-state index in [-0.39, 0.29) is 11.6 Å². The molecule has 0 spiro atoms. The van der Waals surface area contributed by atoms with Gasteiger partial charge in [-0.3, -0.25) is 14.6 Å². The van der Waals surface area contributed by atoms with Crippen molar-refractivity contribution in [1.82, 2.24) is 15.0 Å². The van der Waals surface area contributed by atoms with Gasteiger partial charge in [-0.1, -0.05) is 59.2 Å². The summed E-state index contributed by atoms with van der Waals surface area (Å²) in [7, 11) is 1.98. The van der Waals surface area contributed by atoms with Gasteiger partial charge in [-0.25, -0.2) is 9.83 Å². The number of ether oxygens (including phenoxy) is 1. The fraction of sp³-hybridized carbons (Fsp3) is 0.121. The van der Waals surface area contributed by atoms with Crippen LogP contribution >= 0.6 is 35.0 Å². The van der Waals surface area contributed by atoms with E-state index in [1.807, 2.05) is 37.4 Å². The maximum atomic E-state index is 12.8. The number of nitrogens with zero attached hydrogens (tertiary/aromatic N) is 4. The molecule has 0 bridgehead atoms. The number of benzene rings is 3. The van der Waals surface area contributed by atoms with Crippen LogP contribution in [0, 0.1) is 6.57 Å². The highest BCUT2D eigenvalue weighted by atomic mass is 35.5. The Hall–Kier alpha value is -4.82. The molecule has 0 radical (unpaired) electrons. The van der Waals surface area contributed by atoms with E-state index in [2.05, 4.69) is 30.0 Å². The molecule has 9 nitrogen and oxygen atoms in total. The van der Waals surface area contributed by atoms with Crippen molar-refractivity contribution in [2.75, 3.05) is 30.4 Å². The molecule has 226 valence electrons. The predicted molar refractivity (Wildman–Crippen MR) is 180 cm³/mol. The molecule has 0 saturated heterocycles. The minimum absolute atomic E-state index is 0.0843. The Bertz CT molecular complexity index is 1910. The average Bonchev–Trinajstić information content (AvgIpc) is 3.05. The molecule has 5 aromatic rings. The first-order chi connectivity index (χ1) is 21.8. The van der Waals surface area contributed by atoms with Gasteiger partial charge in [0.15, 0.2) is 5.16 Å². The van der Waals surface area contributed by atoms with Gasteiger partial charge in [0.05, 0.1) is 28.9 Å². The molecule has 0 aliphatic carbocycles. The Morgan fingerprint density at radius 2 is 1.82 bits per heavy atom. The van der Waals surface area contributed by atoms with E-state index in [1.165, 1.54) is 17.8 Å². The van der Waals surface area contributed by atoms with Crippen molar-refractivity contribution in [3.63, 3.8) is 0 Å². The highest BCUT2D eigenvalue weighted by Gasteiger charge is 2.15. The van der Waals surface area contributed by atoms with Crippen LogP contribution in [0.3, 0.4) is 0 Å². The lowest BCUT2D eigenvalue weighted by Gasteiger charge is -2.19. The number of likely N-dealkylation sites (N-methyl/N-ethyl adjacent to an activating group) is 1. The number of hydrogen-bond donors (Lipinski definition) is 2.